The van der Waals surface area contributed by atoms with Crippen LogP contribution in [0.15, 0.2) is 24.3 Å². The fourth-order valence-electron chi connectivity index (χ4n) is 3.36. The lowest BCUT2D eigenvalue weighted by atomic mass is 10.0. The Morgan fingerprint density at radius 1 is 1.08 bits per heavy atom. The minimum Gasteiger partial charge on any atom is -0.497 e. The lowest BCUT2D eigenvalue weighted by molar-refractivity contribution is -0.143. The molecule has 0 saturated heterocycles. The van der Waals surface area contributed by atoms with Gasteiger partial charge in [-0.05, 0) is 44.0 Å². The Kier molecular flexibility index (Phi) is 7.76. The zero-order valence-electron chi connectivity index (χ0n) is 15.3. The number of carbonyl (C=O) groups is 2. The number of methoxy groups -OCH3 is 1. The summed E-state index contributed by atoms with van der Waals surface area (Å²) < 4.78 is 10.2. The smallest absolute Gasteiger partial charge is 0.307 e. The van der Waals surface area contributed by atoms with Crippen molar-refractivity contribution < 1.29 is 19.1 Å². The Morgan fingerprint density at radius 2 is 1.72 bits per heavy atom. The van der Waals surface area contributed by atoms with Crippen molar-refractivity contribution in [2.45, 2.75) is 57.9 Å². The van der Waals surface area contributed by atoms with Gasteiger partial charge in [-0.15, -0.1) is 0 Å². The van der Waals surface area contributed by atoms with Crippen LogP contribution < -0.4 is 4.74 Å². The number of rotatable bonds is 7. The molecule has 1 aromatic rings. The molecule has 0 unspecified atom stereocenters. The molecule has 0 atom stereocenters. The maximum absolute atomic E-state index is 13.1. The molecule has 5 heteroatoms. The van der Waals surface area contributed by atoms with Crippen molar-refractivity contribution in [2.24, 2.45) is 0 Å². The molecule has 0 aromatic heterocycles. The summed E-state index contributed by atoms with van der Waals surface area (Å²) in [5.41, 5.74) is 0.633. The van der Waals surface area contributed by atoms with Crippen LogP contribution in [0.2, 0.25) is 0 Å². The maximum Gasteiger partial charge on any atom is 0.307 e. The molecule has 0 aliphatic heterocycles. The van der Waals surface area contributed by atoms with E-state index in [-0.39, 0.29) is 24.3 Å². The third-order valence-electron chi connectivity index (χ3n) is 4.73. The lowest BCUT2D eigenvalue weighted by Crippen LogP contribution is -2.41. The molecule has 0 bridgehead atoms. The molecular formula is C20H29NO4. The molecule has 1 aromatic carbocycles. The summed E-state index contributed by atoms with van der Waals surface area (Å²) in [6.45, 7) is 2.58. The van der Waals surface area contributed by atoms with Crippen LogP contribution in [-0.4, -0.2) is 43.1 Å². The number of ether oxygens (including phenoxy) is 2. The summed E-state index contributed by atoms with van der Waals surface area (Å²) in [5, 5.41) is 0. The highest BCUT2D eigenvalue weighted by molar-refractivity contribution is 5.94. The van der Waals surface area contributed by atoms with E-state index in [1.54, 1.807) is 38.3 Å². The van der Waals surface area contributed by atoms with E-state index in [0.717, 1.165) is 31.4 Å². The van der Waals surface area contributed by atoms with Crippen molar-refractivity contribution in [2.75, 3.05) is 20.3 Å². The van der Waals surface area contributed by atoms with Crippen LogP contribution in [0.1, 0.15) is 62.2 Å². The highest BCUT2D eigenvalue weighted by atomic mass is 16.5. The van der Waals surface area contributed by atoms with E-state index in [0.29, 0.717) is 18.7 Å². The summed E-state index contributed by atoms with van der Waals surface area (Å²) >= 11 is 0. The molecule has 138 valence electrons. The summed E-state index contributed by atoms with van der Waals surface area (Å²) in [7, 11) is 1.61. The van der Waals surface area contributed by atoms with Crippen molar-refractivity contribution in [1.82, 2.24) is 4.90 Å². The highest BCUT2D eigenvalue weighted by Crippen LogP contribution is 2.24. The second-order valence-electron chi connectivity index (χ2n) is 6.43. The van der Waals surface area contributed by atoms with Gasteiger partial charge in [0, 0.05) is 18.2 Å². The summed E-state index contributed by atoms with van der Waals surface area (Å²) in [4.78, 5) is 26.7. The predicted molar refractivity (Wildman–Crippen MR) is 96.8 cm³/mol. The number of hydrogen-bond donors (Lipinski definition) is 0. The Bertz CT molecular complexity index is 547. The molecule has 0 radical (unpaired) electrons. The summed E-state index contributed by atoms with van der Waals surface area (Å²) in [6, 6.07) is 7.37. The number of carbonyl (C=O) groups excluding carboxylic acids is 2. The van der Waals surface area contributed by atoms with E-state index in [2.05, 4.69) is 0 Å². The van der Waals surface area contributed by atoms with Crippen LogP contribution in [0.4, 0.5) is 0 Å². The van der Waals surface area contributed by atoms with Crippen LogP contribution in [-0.2, 0) is 9.53 Å². The number of hydrogen-bond acceptors (Lipinski definition) is 4. The van der Waals surface area contributed by atoms with E-state index >= 15 is 0 Å². The van der Waals surface area contributed by atoms with Gasteiger partial charge in [-0.3, -0.25) is 9.59 Å². The zero-order valence-corrected chi connectivity index (χ0v) is 15.3. The first kappa shape index (κ1) is 19.3. The van der Waals surface area contributed by atoms with Crippen LogP contribution in [0.25, 0.3) is 0 Å². The third-order valence-corrected chi connectivity index (χ3v) is 4.73. The molecule has 2 rings (SSSR count). The molecule has 1 amide bonds. The maximum atomic E-state index is 13.1. The SMILES string of the molecule is CCOC(=O)CCN(C(=O)c1ccc(OC)cc1)C1CCCCCC1. The highest BCUT2D eigenvalue weighted by Gasteiger charge is 2.26. The average molecular weight is 347 g/mol. The number of nitrogens with zero attached hydrogens (tertiary/aromatic N) is 1. The van der Waals surface area contributed by atoms with Gasteiger partial charge in [0.05, 0.1) is 20.1 Å². The van der Waals surface area contributed by atoms with Crippen LogP contribution in [0.3, 0.4) is 0 Å². The molecule has 1 saturated carbocycles. The molecule has 1 fully saturated rings. The Balaban J connectivity index is 2.12. The van der Waals surface area contributed by atoms with E-state index in [1.807, 2.05) is 4.90 Å². The molecule has 5 nitrogen and oxygen atoms in total. The first-order valence-electron chi connectivity index (χ1n) is 9.26. The van der Waals surface area contributed by atoms with Gasteiger partial charge >= 0.3 is 5.97 Å². The van der Waals surface area contributed by atoms with Crippen molar-refractivity contribution in [3.8, 4) is 5.75 Å². The molecule has 25 heavy (non-hydrogen) atoms. The second-order valence-corrected chi connectivity index (χ2v) is 6.43. The first-order valence-corrected chi connectivity index (χ1v) is 9.26. The molecule has 1 aliphatic rings. The van der Waals surface area contributed by atoms with Gasteiger partial charge in [0.1, 0.15) is 5.75 Å². The van der Waals surface area contributed by atoms with Crippen LogP contribution in [0, 0.1) is 0 Å². The predicted octanol–water partition coefficient (Wildman–Crippen LogP) is 3.81. The molecule has 1 aliphatic carbocycles. The van der Waals surface area contributed by atoms with E-state index in [9.17, 15) is 9.59 Å². The second kappa shape index (κ2) is 10.1. The van der Waals surface area contributed by atoms with Gasteiger partial charge in [-0.25, -0.2) is 0 Å². The normalized spacial score (nSPS) is 15.3. The fraction of sp³-hybridized carbons (Fsp3) is 0.600. The van der Waals surface area contributed by atoms with E-state index in [4.69, 9.17) is 9.47 Å². The van der Waals surface area contributed by atoms with Crippen molar-refractivity contribution in [3.63, 3.8) is 0 Å². The number of amides is 1. The topological polar surface area (TPSA) is 55.8 Å². The van der Waals surface area contributed by atoms with Gasteiger partial charge in [0.2, 0.25) is 0 Å². The number of benzene rings is 1. The minimum absolute atomic E-state index is 0.0150. The molecule has 0 N–H and O–H groups in total. The number of esters is 1. The monoisotopic (exact) mass is 347 g/mol. The van der Waals surface area contributed by atoms with Gasteiger partial charge in [0.15, 0.2) is 0 Å². The lowest BCUT2D eigenvalue weighted by Gasteiger charge is -2.31. The average Bonchev–Trinajstić information content (AvgIpc) is 2.91. The summed E-state index contributed by atoms with van der Waals surface area (Å²) in [5.74, 6) is 0.464. The Hall–Kier alpha value is -2.04. The fourth-order valence-corrected chi connectivity index (χ4v) is 3.36. The van der Waals surface area contributed by atoms with Gasteiger partial charge in [-0.2, -0.15) is 0 Å². The van der Waals surface area contributed by atoms with Crippen LogP contribution >= 0.6 is 0 Å². The van der Waals surface area contributed by atoms with Gasteiger partial charge in [-0.1, -0.05) is 25.7 Å². The third kappa shape index (κ3) is 5.76. The Labute approximate surface area is 150 Å². The largest absolute Gasteiger partial charge is 0.497 e. The van der Waals surface area contributed by atoms with Gasteiger partial charge in [0.25, 0.3) is 5.91 Å². The first-order chi connectivity index (χ1) is 12.2. The Morgan fingerprint density at radius 3 is 2.28 bits per heavy atom. The standard InChI is InChI=1S/C20H29NO4/c1-3-25-19(22)14-15-21(17-8-6-4-5-7-9-17)20(23)16-10-12-18(24-2)13-11-16/h10-13,17H,3-9,14-15H2,1-2H3. The van der Waals surface area contributed by atoms with E-state index < -0.39 is 0 Å². The zero-order chi connectivity index (χ0) is 18.1. The molecule has 0 heterocycles. The van der Waals surface area contributed by atoms with Crippen LogP contribution in [0.5, 0.6) is 5.75 Å². The quantitative estimate of drug-likeness (QED) is 0.556. The van der Waals surface area contributed by atoms with Crippen molar-refractivity contribution in [3.05, 3.63) is 29.8 Å². The van der Waals surface area contributed by atoms with Gasteiger partial charge < -0.3 is 14.4 Å². The van der Waals surface area contributed by atoms with E-state index in [1.165, 1.54) is 12.8 Å². The van der Waals surface area contributed by atoms with Crippen molar-refractivity contribution in [1.29, 1.82) is 0 Å². The summed E-state index contributed by atoms with van der Waals surface area (Å²) in [6.07, 6.45) is 6.96. The van der Waals surface area contributed by atoms with Crippen molar-refractivity contribution >= 4 is 11.9 Å². The minimum atomic E-state index is -0.247. The molecule has 0 spiro atoms. The molecular weight excluding hydrogens is 318 g/mol.